The van der Waals surface area contributed by atoms with Crippen molar-refractivity contribution in [2.45, 2.75) is 31.1 Å². The average molecular weight is 350 g/mol. The maximum atomic E-state index is 12.9. The predicted octanol–water partition coefficient (Wildman–Crippen LogP) is 0.234. The van der Waals surface area contributed by atoms with E-state index >= 15 is 0 Å². The van der Waals surface area contributed by atoms with Gasteiger partial charge in [0.15, 0.2) is 17.1 Å². The van der Waals surface area contributed by atoms with E-state index in [1.54, 1.807) is 19.1 Å². The number of hydrogen-bond donors (Lipinski definition) is 2. The molecular weight excluding hydrogens is 324 g/mol. The molecule has 0 aliphatic carbocycles. The molecule has 0 unspecified atom stereocenters. The molecule has 0 spiro atoms. The first-order valence-electron chi connectivity index (χ1n) is 8.59. The highest BCUT2D eigenvalue weighted by Gasteiger charge is 2.45. The molecule has 2 fully saturated rings. The lowest BCUT2D eigenvalue weighted by Gasteiger charge is -2.44. The van der Waals surface area contributed by atoms with Crippen LogP contribution in [0.2, 0.25) is 0 Å². The summed E-state index contributed by atoms with van der Waals surface area (Å²) in [5.41, 5.74) is -0.538. The van der Waals surface area contributed by atoms with Crippen molar-refractivity contribution < 1.29 is 24.5 Å². The van der Waals surface area contributed by atoms with Gasteiger partial charge in [0, 0.05) is 38.3 Å². The lowest BCUT2D eigenvalue weighted by molar-refractivity contribution is -0.163. The van der Waals surface area contributed by atoms with Gasteiger partial charge in [0.05, 0.1) is 20.3 Å². The van der Waals surface area contributed by atoms with Crippen LogP contribution in [0.5, 0.6) is 11.5 Å². The number of β-amino-alcohol motifs (C(OH)–C–C–N with tert-alkyl or cyclic N) is 2. The summed E-state index contributed by atoms with van der Waals surface area (Å²) in [4.78, 5) is 16.5. The third-order valence-electron chi connectivity index (χ3n) is 4.97. The Morgan fingerprint density at radius 1 is 1.28 bits per heavy atom. The molecule has 1 aromatic carbocycles. The van der Waals surface area contributed by atoms with Crippen molar-refractivity contribution in [1.82, 2.24) is 9.80 Å². The summed E-state index contributed by atoms with van der Waals surface area (Å²) >= 11 is 0. The van der Waals surface area contributed by atoms with Crippen molar-refractivity contribution in [2.75, 3.05) is 40.4 Å². The number of amides is 1. The van der Waals surface area contributed by atoms with Crippen LogP contribution in [0.1, 0.15) is 18.4 Å². The van der Waals surface area contributed by atoms with Gasteiger partial charge in [-0.3, -0.25) is 9.69 Å². The molecule has 138 valence electrons. The zero-order valence-electron chi connectivity index (χ0n) is 14.8. The van der Waals surface area contributed by atoms with Crippen molar-refractivity contribution in [2.24, 2.45) is 0 Å². The van der Waals surface area contributed by atoms with Crippen molar-refractivity contribution >= 4 is 5.91 Å². The number of rotatable bonds is 6. The Bertz CT molecular complexity index is 632. The minimum Gasteiger partial charge on any atom is -0.493 e. The number of aliphatic hydroxyl groups is 2. The van der Waals surface area contributed by atoms with E-state index in [0.717, 1.165) is 12.0 Å². The predicted molar refractivity (Wildman–Crippen MR) is 91.6 cm³/mol. The molecule has 0 bridgehead atoms. The van der Waals surface area contributed by atoms with Gasteiger partial charge in [0.1, 0.15) is 0 Å². The molecule has 1 atom stereocenters. The maximum absolute atomic E-state index is 12.9. The Labute approximate surface area is 147 Å². The third-order valence-corrected chi connectivity index (χ3v) is 4.97. The van der Waals surface area contributed by atoms with Gasteiger partial charge in [0.25, 0.3) is 5.91 Å². The molecule has 0 saturated carbocycles. The molecule has 7 heteroatoms. The zero-order valence-corrected chi connectivity index (χ0v) is 14.8. The van der Waals surface area contributed by atoms with Crippen LogP contribution in [0, 0.1) is 0 Å². The summed E-state index contributed by atoms with van der Waals surface area (Å²) in [6, 6.07) is 5.57. The molecular formula is C18H26N2O5. The highest BCUT2D eigenvalue weighted by Crippen LogP contribution is 2.33. The van der Waals surface area contributed by atoms with Crippen LogP contribution in [-0.4, -0.2) is 78.0 Å². The molecule has 2 aliphatic heterocycles. The van der Waals surface area contributed by atoms with Crippen molar-refractivity contribution in [1.29, 1.82) is 0 Å². The van der Waals surface area contributed by atoms with Crippen LogP contribution in [0.4, 0.5) is 0 Å². The second kappa shape index (κ2) is 7.19. The number of nitrogens with zero attached hydrogens (tertiary/aromatic N) is 2. The minimum absolute atomic E-state index is 0.259. The molecule has 7 nitrogen and oxygen atoms in total. The largest absolute Gasteiger partial charge is 0.493 e. The second-order valence-electron chi connectivity index (χ2n) is 6.86. The van der Waals surface area contributed by atoms with Gasteiger partial charge >= 0.3 is 0 Å². The van der Waals surface area contributed by atoms with Crippen molar-refractivity contribution in [3.8, 4) is 11.5 Å². The number of likely N-dealkylation sites (tertiary alicyclic amines) is 2. The molecule has 0 radical (unpaired) electrons. The number of ether oxygens (including phenoxy) is 2. The van der Waals surface area contributed by atoms with E-state index in [9.17, 15) is 15.0 Å². The summed E-state index contributed by atoms with van der Waals surface area (Å²) in [6.45, 7) is 2.27. The van der Waals surface area contributed by atoms with Crippen LogP contribution < -0.4 is 9.47 Å². The van der Waals surface area contributed by atoms with Crippen molar-refractivity contribution in [3.05, 3.63) is 23.8 Å². The fraction of sp³-hybridized carbons (Fsp3) is 0.611. The molecule has 2 aliphatic rings. The number of hydrogen-bond acceptors (Lipinski definition) is 6. The number of benzene rings is 1. The first kappa shape index (κ1) is 18.0. The van der Waals surface area contributed by atoms with Crippen LogP contribution in [0.15, 0.2) is 18.2 Å². The van der Waals surface area contributed by atoms with Gasteiger partial charge in [-0.05, 0) is 18.9 Å². The van der Waals surface area contributed by atoms with E-state index in [4.69, 9.17) is 9.47 Å². The van der Waals surface area contributed by atoms with E-state index in [2.05, 4.69) is 0 Å². The topological polar surface area (TPSA) is 82.5 Å². The zero-order chi connectivity index (χ0) is 18.0. The van der Waals surface area contributed by atoms with Gasteiger partial charge in [-0.1, -0.05) is 12.1 Å². The highest BCUT2D eigenvalue weighted by atomic mass is 16.5. The Morgan fingerprint density at radius 3 is 2.68 bits per heavy atom. The SMILES string of the molecule is COc1cccc(CN2CCC[C@](O)(CN3CC(O)C3)C2=O)c1OC. The van der Waals surface area contributed by atoms with E-state index in [0.29, 0.717) is 44.1 Å². The van der Waals surface area contributed by atoms with Gasteiger partial charge in [-0.2, -0.15) is 0 Å². The molecule has 2 heterocycles. The number of carbonyl (C=O) groups excluding carboxylic acids is 1. The molecule has 1 aromatic rings. The Hall–Kier alpha value is -1.83. The Morgan fingerprint density at radius 2 is 2.04 bits per heavy atom. The second-order valence-corrected chi connectivity index (χ2v) is 6.86. The lowest BCUT2D eigenvalue weighted by atomic mass is 9.89. The Balaban J connectivity index is 1.73. The van der Waals surface area contributed by atoms with E-state index < -0.39 is 5.60 Å². The normalized spacial score (nSPS) is 25.0. The monoisotopic (exact) mass is 350 g/mol. The molecule has 25 heavy (non-hydrogen) atoms. The van der Waals surface area contributed by atoms with E-state index in [-0.39, 0.29) is 18.6 Å². The summed E-state index contributed by atoms with van der Waals surface area (Å²) in [5, 5.41) is 20.3. The first-order valence-corrected chi connectivity index (χ1v) is 8.59. The standard InChI is InChI=1S/C18H26N2O5/c1-24-15-6-3-5-13(16(15)25-2)9-20-8-4-7-18(23,17(20)22)12-19-10-14(21)11-19/h3,5-6,14,21,23H,4,7-12H2,1-2H3/t18-/m0/s1. The lowest BCUT2D eigenvalue weighted by Crippen LogP contribution is -2.62. The maximum Gasteiger partial charge on any atom is 0.256 e. The summed E-state index contributed by atoms with van der Waals surface area (Å²) in [6.07, 6.45) is 0.842. The van der Waals surface area contributed by atoms with Crippen LogP contribution in [0.3, 0.4) is 0 Å². The third kappa shape index (κ3) is 3.58. The Kier molecular flexibility index (Phi) is 5.17. The van der Waals surface area contributed by atoms with Crippen molar-refractivity contribution in [3.63, 3.8) is 0 Å². The highest BCUT2D eigenvalue weighted by molar-refractivity contribution is 5.86. The summed E-state index contributed by atoms with van der Waals surface area (Å²) in [5.74, 6) is 0.970. The number of aliphatic hydroxyl groups excluding tert-OH is 1. The van der Waals surface area contributed by atoms with E-state index in [1.807, 2.05) is 23.1 Å². The van der Waals surface area contributed by atoms with Gasteiger partial charge in [-0.25, -0.2) is 0 Å². The van der Waals surface area contributed by atoms with Gasteiger partial charge < -0.3 is 24.6 Å². The van der Waals surface area contributed by atoms with Gasteiger partial charge in [0.2, 0.25) is 0 Å². The first-order chi connectivity index (χ1) is 12.0. The van der Waals surface area contributed by atoms with Crippen LogP contribution in [-0.2, 0) is 11.3 Å². The summed E-state index contributed by atoms with van der Waals surface area (Å²) < 4.78 is 10.7. The molecule has 2 saturated heterocycles. The number of para-hydroxylation sites is 1. The molecule has 2 N–H and O–H groups in total. The van der Waals surface area contributed by atoms with Gasteiger partial charge in [-0.15, -0.1) is 0 Å². The minimum atomic E-state index is -1.38. The quantitative estimate of drug-likeness (QED) is 0.765. The number of piperidine rings is 1. The fourth-order valence-electron chi connectivity index (χ4n) is 3.69. The smallest absolute Gasteiger partial charge is 0.256 e. The van der Waals surface area contributed by atoms with E-state index in [1.165, 1.54) is 0 Å². The fourth-order valence-corrected chi connectivity index (χ4v) is 3.69. The molecule has 0 aromatic heterocycles. The number of carbonyl (C=O) groups is 1. The average Bonchev–Trinajstić information content (AvgIpc) is 2.57. The van der Waals surface area contributed by atoms with Crippen LogP contribution in [0.25, 0.3) is 0 Å². The molecule has 3 rings (SSSR count). The number of methoxy groups -OCH3 is 2. The van der Waals surface area contributed by atoms with Crippen LogP contribution >= 0.6 is 0 Å². The molecule has 1 amide bonds. The summed E-state index contributed by atoms with van der Waals surface area (Å²) in [7, 11) is 3.15.